The molecule has 1 aromatic carbocycles. The molecule has 1 aliphatic heterocycles. The second-order valence-corrected chi connectivity index (χ2v) is 5.37. The Kier molecular flexibility index (Phi) is 2.52. The van der Waals surface area contributed by atoms with E-state index in [2.05, 4.69) is 0 Å². The minimum absolute atomic E-state index is 0.589. The Hall–Kier alpha value is -1.39. The Labute approximate surface area is 101 Å². The Balaban J connectivity index is 2.63. The summed E-state index contributed by atoms with van der Waals surface area (Å²) >= 11 is 0. The summed E-state index contributed by atoms with van der Waals surface area (Å²) in [5.41, 5.74) is -0.218. The predicted molar refractivity (Wildman–Crippen MR) is 66.0 cm³/mol. The zero-order valence-corrected chi connectivity index (χ0v) is 10.6. The molecular weight excluding hydrogens is 216 g/mol. The second-order valence-electron chi connectivity index (χ2n) is 5.37. The van der Waals surface area contributed by atoms with E-state index in [9.17, 15) is 10.4 Å². The van der Waals surface area contributed by atoms with E-state index in [0.29, 0.717) is 5.71 Å². The maximum Gasteiger partial charge on any atom is 0.245 e. The van der Waals surface area contributed by atoms with Crippen molar-refractivity contribution in [2.24, 2.45) is 0 Å². The third-order valence-electron chi connectivity index (χ3n) is 3.37. The van der Waals surface area contributed by atoms with E-state index < -0.39 is 11.2 Å². The highest BCUT2D eigenvalue weighted by Crippen LogP contribution is 2.34. The van der Waals surface area contributed by atoms with Crippen LogP contribution in [0.1, 0.15) is 33.3 Å². The molecule has 0 radical (unpaired) electrons. The van der Waals surface area contributed by atoms with Crippen molar-refractivity contribution < 1.29 is 9.95 Å². The van der Waals surface area contributed by atoms with Crippen molar-refractivity contribution >= 4 is 5.71 Å². The maximum atomic E-state index is 12.3. The van der Waals surface area contributed by atoms with Crippen LogP contribution in [0.25, 0.3) is 0 Å². The molecule has 0 saturated heterocycles. The minimum atomic E-state index is -0.950. The highest BCUT2D eigenvalue weighted by molar-refractivity contribution is 6.04. The summed E-state index contributed by atoms with van der Waals surface area (Å²) in [6.07, 6.45) is 0. The van der Waals surface area contributed by atoms with Gasteiger partial charge in [-0.3, -0.25) is 0 Å². The topological polar surface area (TPSA) is 49.5 Å². The quantitative estimate of drug-likeness (QED) is 0.598. The number of hydroxylamine groups is 3. The van der Waals surface area contributed by atoms with Gasteiger partial charge < -0.3 is 10.4 Å². The van der Waals surface area contributed by atoms with Gasteiger partial charge in [0.2, 0.25) is 11.4 Å². The Morgan fingerprint density at radius 2 is 1.65 bits per heavy atom. The van der Waals surface area contributed by atoms with E-state index >= 15 is 0 Å². The first-order valence-corrected chi connectivity index (χ1v) is 5.69. The molecule has 0 unspecified atom stereocenters. The summed E-state index contributed by atoms with van der Waals surface area (Å²) in [6.45, 7) is 7.10. The van der Waals surface area contributed by atoms with E-state index in [0.717, 1.165) is 15.4 Å². The largest absolute Gasteiger partial charge is 0.622 e. The molecule has 0 saturated carbocycles. The van der Waals surface area contributed by atoms with Gasteiger partial charge in [0.15, 0.2) is 0 Å². The Morgan fingerprint density at radius 1 is 1.12 bits per heavy atom. The summed E-state index contributed by atoms with van der Waals surface area (Å²) in [7, 11) is 0. The fraction of sp³-hybridized carbons (Fsp3) is 0.462. The molecule has 1 aliphatic rings. The summed E-state index contributed by atoms with van der Waals surface area (Å²) in [5.74, 6) is 0. The highest BCUT2D eigenvalue weighted by atomic mass is 16.6. The molecular formula is C13H18N2O2. The first kappa shape index (κ1) is 12.1. The van der Waals surface area contributed by atoms with Gasteiger partial charge in [-0.1, -0.05) is 18.2 Å². The number of hydrogen-bond acceptors (Lipinski definition) is 3. The van der Waals surface area contributed by atoms with E-state index in [1.54, 1.807) is 13.8 Å². The van der Waals surface area contributed by atoms with E-state index in [-0.39, 0.29) is 0 Å². The predicted octanol–water partition coefficient (Wildman–Crippen LogP) is 2.21. The van der Waals surface area contributed by atoms with Crippen LogP contribution in [0.3, 0.4) is 0 Å². The average Bonchev–Trinajstić information content (AvgIpc) is 2.39. The lowest BCUT2D eigenvalue weighted by Crippen LogP contribution is -2.51. The standard InChI is InChI=1S/C13H18N2O2/c1-12(2)11(10-8-6-5-7-9-10)14(16)13(3,4)15(12)17/h5-9,17H,1-4H3. The van der Waals surface area contributed by atoms with E-state index in [1.807, 2.05) is 44.2 Å². The van der Waals surface area contributed by atoms with Crippen LogP contribution in [0.15, 0.2) is 30.3 Å². The lowest BCUT2D eigenvalue weighted by Gasteiger charge is -2.29. The van der Waals surface area contributed by atoms with Crippen LogP contribution in [0.5, 0.6) is 0 Å². The molecule has 17 heavy (non-hydrogen) atoms. The van der Waals surface area contributed by atoms with Crippen LogP contribution in [-0.2, 0) is 0 Å². The summed E-state index contributed by atoms with van der Waals surface area (Å²) in [5, 5.41) is 23.6. The fourth-order valence-electron chi connectivity index (χ4n) is 2.46. The highest BCUT2D eigenvalue weighted by Gasteiger charge is 2.56. The van der Waals surface area contributed by atoms with Crippen LogP contribution in [0.4, 0.5) is 0 Å². The first-order valence-electron chi connectivity index (χ1n) is 5.69. The first-order chi connectivity index (χ1) is 7.79. The molecule has 4 heteroatoms. The van der Waals surface area contributed by atoms with Crippen LogP contribution in [0.2, 0.25) is 0 Å². The number of nitrogens with zero attached hydrogens (tertiary/aromatic N) is 2. The summed E-state index contributed by atoms with van der Waals surface area (Å²) in [4.78, 5) is 0. The van der Waals surface area contributed by atoms with Crippen molar-refractivity contribution in [1.82, 2.24) is 5.06 Å². The SMILES string of the molecule is CC1(C)C(c2ccccc2)=[N+]([O-])C(C)(C)N1O. The molecule has 4 nitrogen and oxygen atoms in total. The van der Waals surface area contributed by atoms with Crippen molar-refractivity contribution in [1.29, 1.82) is 0 Å². The van der Waals surface area contributed by atoms with Crippen LogP contribution >= 0.6 is 0 Å². The molecule has 0 aromatic heterocycles. The van der Waals surface area contributed by atoms with Gasteiger partial charge >= 0.3 is 0 Å². The molecule has 1 N–H and O–H groups in total. The van der Waals surface area contributed by atoms with Crippen molar-refractivity contribution in [3.63, 3.8) is 0 Å². The molecule has 0 atom stereocenters. The van der Waals surface area contributed by atoms with Crippen LogP contribution < -0.4 is 0 Å². The molecule has 1 heterocycles. The van der Waals surface area contributed by atoms with Gasteiger partial charge in [0.25, 0.3) is 0 Å². The molecule has 0 fully saturated rings. The van der Waals surface area contributed by atoms with Crippen LogP contribution in [0, 0.1) is 5.21 Å². The minimum Gasteiger partial charge on any atom is -0.622 e. The Morgan fingerprint density at radius 3 is 2.06 bits per heavy atom. The maximum absolute atomic E-state index is 12.3. The molecule has 1 aromatic rings. The smallest absolute Gasteiger partial charge is 0.245 e. The lowest BCUT2D eigenvalue weighted by molar-refractivity contribution is -0.580. The van der Waals surface area contributed by atoms with E-state index in [4.69, 9.17) is 0 Å². The van der Waals surface area contributed by atoms with Crippen molar-refractivity contribution in [2.75, 3.05) is 0 Å². The monoisotopic (exact) mass is 234 g/mol. The lowest BCUT2D eigenvalue weighted by atomic mass is 9.93. The number of benzene rings is 1. The molecule has 2 rings (SSSR count). The Bertz CT molecular complexity index is 464. The van der Waals surface area contributed by atoms with Crippen molar-refractivity contribution in [2.45, 2.75) is 38.9 Å². The molecule has 92 valence electrons. The summed E-state index contributed by atoms with van der Waals surface area (Å²) < 4.78 is 0.891. The number of hydrogen-bond donors (Lipinski definition) is 1. The van der Waals surface area contributed by atoms with Gasteiger partial charge in [-0.2, -0.15) is 4.74 Å². The molecule has 0 spiro atoms. The third kappa shape index (κ3) is 1.56. The zero-order chi connectivity index (χ0) is 12.8. The molecule has 0 amide bonds. The van der Waals surface area contributed by atoms with Gasteiger partial charge in [0, 0.05) is 19.4 Å². The van der Waals surface area contributed by atoms with Gasteiger partial charge in [-0.15, -0.1) is 5.06 Å². The fourth-order valence-corrected chi connectivity index (χ4v) is 2.46. The van der Waals surface area contributed by atoms with Crippen LogP contribution in [-0.4, -0.2) is 31.9 Å². The normalized spacial score (nSPS) is 23.1. The number of rotatable bonds is 1. The molecule has 0 bridgehead atoms. The third-order valence-corrected chi connectivity index (χ3v) is 3.37. The molecule has 0 aliphatic carbocycles. The summed E-state index contributed by atoms with van der Waals surface area (Å²) in [6, 6.07) is 9.45. The van der Waals surface area contributed by atoms with Gasteiger partial charge in [0.05, 0.1) is 0 Å². The van der Waals surface area contributed by atoms with E-state index in [1.165, 1.54) is 0 Å². The van der Waals surface area contributed by atoms with Gasteiger partial charge in [-0.05, 0) is 26.0 Å². The zero-order valence-electron chi connectivity index (χ0n) is 10.6. The van der Waals surface area contributed by atoms with Gasteiger partial charge in [0.1, 0.15) is 5.54 Å². The average molecular weight is 234 g/mol. The second kappa shape index (κ2) is 3.55. The van der Waals surface area contributed by atoms with Crippen molar-refractivity contribution in [3.8, 4) is 0 Å². The van der Waals surface area contributed by atoms with Gasteiger partial charge in [-0.25, -0.2) is 0 Å². The van der Waals surface area contributed by atoms with Crippen molar-refractivity contribution in [3.05, 3.63) is 41.1 Å².